The molecule has 0 aliphatic carbocycles. The van der Waals surface area contributed by atoms with E-state index in [2.05, 4.69) is 4.98 Å². The maximum atomic E-state index is 12.6. The van der Waals surface area contributed by atoms with Crippen LogP contribution in [0.3, 0.4) is 0 Å². The maximum Gasteiger partial charge on any atom is 0.180 e. The van der Waals surface area contributed by atoms with E-state index in [0.29, 0.717) is 11.4 Å². The summed E-state index contributed by atoms with van der Waals surface area (Å²) < 4.78 is 25.2. The maximum absolute atomic E-state index is 12.6. The number of nitrogens with zero attached hydrogens (tertiary/aromatic N) is 2. The van der Waals surface area contributed by atoms with Gasteiger partial charge in [0.15, 0.2) is 9.84 Å². The summed E-state index contributed by atoms with van der Waals surface area (Å²) in [6.07, 6.45) is 7.40. The Morgan fingerprint density at radius 1 is 0.852 bits per heavy atom. The first-order chi connectivity index (χ1) is 13.0. The van der Waals surface area contributed by atoms with E-state index in [9.17, 15) is 8.42 Å². The van der Waals surface area contributed by atoms with Crippen molar-refractivity contribution in [3.63, 3.8) is 0 Å². The van der Waals surface area contributed by atoms with Crippen LogP contribution < -0.4 is 4.90 Å². The fourth-order valence-electron chi connectivity index (χ4n) is 2.64. The molecule has 5 heteroatoms. The van der Waals surface area contributed by atoms with Crippen molar-refractivity contribution in [1.29, 1.82) is 0 Å². The number of benzene rings is 2. The van der Waals surface area contributed by atoms with E-state index in [-0.39, 0.29) is 5.75 Å². The summed E-state index contributed by atoms with van der Waals surface area (Å²) in [7, 11) is -1.42. The summed E-state index contributed by atoms with van der Waals surface area (Å²) in [5.41, 5.74) is 3.00. The Morgan fingerprint density at radius 3 is 2.07 bits per heavy atom. The second-order valence-electron chi connectivity index (χ2n) is 6.26. The van der Waals surface area contributed by atoms with E-state index >= 15 is 0 Å². The van der Waals surface area contributed by atoms with Gasteiger partial charge in [0.1, 0.15) is 0 Å². The zero-order valence-electron chi connectivity index (χ0n) is 15.2. The van der Waals surface area contributed by atoms with Crippen molar-refractivity contribution in [2.45, 2.75) is 4.90 Å². The highest BCUT2D eigenvalue weighted by Gasteiger charge is 2.15. The number of aromatic nitrogens is 1. The Balaban J connectivity index is 1.64. The molecule has 0 spiro atoms. The number of rotatable bonds is 7. The lowest BCUT2D eigenvalue weighted by atomic mass is 10.1. The fraction of sp³-hybridized carbons (Fsp3) is 0.136. The van der Waals surface area contributed by atoms with Gasteiger partial charge in [0.25, 0.3) is 0 Å². The molecule has 27 heavy (non-hydrogen) atoms. The molecule has 1 aromatic heterocycles. The van der Waals surface area contributed by atoms with Gasteiger partial charge in [-0.25, -0.2) is 8.42 Å². The van der Waals surface area contributed by atoms with E-state index in [1.54, 1.807) is 24.5 Å². The number of sulfone groups is 1. The fourth-order valence-corrected chi connectivity index (χ4v) is 3.94. The number of anilines is 1. The molecule has 0 bridgehead atoms. The van der Waals surface area contributed by atoms with Crippen LogP contribution in [-0.2, 0) is 9.84 Å². The SMILES string of the molecule is CN(CCS(=O)(=O)c1ccc(C=Cc2ccncc2)cc1)c1ccccc1. The first kappa shape index (κ1) is 18.9. The van der Waals surface area contributed by atoms with Gasteiger partial charge >= 0.3 is 0 Å². The van der Waals surface area contributed by atoms with E-state index in [1.807, 2.05) is 78.7 Å². The van der Waals surface area contributed by atoms with Crippen molar-refractivity contribution in [3.8, 4) is 0 Å². The van der Waals surface area contributed by atoms with Gasteiger partial charge in [0.05, 0.1) is 10.6 Å². The summed E-state index contributed by atoms with van der Waals surface area (Å²) in [4.78, 5) is 6.28. The minimum Gasteiger partial charge on any atom is -0.374 e. The smallest absolute Gasteiger partial charge is 0.180 e. The summed E-state index contributed by atoms with van der Waals surface area (Å²) in [5, 5.41) is 0. The number of para-hydroxylation sites is 1. The quantitative estimate of drug-likeness (QED) is 0.619. The molecule has 0 amide bonds. The molecule has 0 aliphatic rings. The Morgan fingerprint density at radius 2 is 1.44 bits per heavy atom. The largest absolute Gasteiger partial charge is 0.374 e. The van der Waals surface area contributed by atoms with Crippen LogP contribution in [0.2, 0.25) is 0 Å². The van der Waals surface area contributed by atoms with E-state index in [0.717, 1.165) is 16.8 Å². The second kappa shape index (κ2) is 8.64. The molecule has 0 unspecified atom stereocenters. The zero-order valence-corrected chi connectivity index (χ0v) is 16.0. The van der Waals surface area contributed by atoms with E-state index in [1.165, 1.54) is 0 Å². The van der Waals surface area contributed by atoms with Crippen molar-refractivity contribution < 1.29 is 8.42 Å². The molecule has 1 heterocycles. The predicted octanol–water partition coefficient (Wildman–Crippen LogP) is 4.16. The Kier molecular flexibility index (Phi) is 6.04. The van der Waals surface area contributed by atoms with Gasteiger partial charge in [-0.1, -0.05) is 42.5 Å². The predicted molar refractivity (Wildman–Crippen MR) is 111 cm³/mol. The Labute approximate surface area is 160 Å². The van der Waals surface area contributed by atoms with Crippen LogP contribution in [0.15, 0.2) is 84.0 Å². The van der Waals surface area contributed by atoms with Crippen LogP contribution in [0, 0.1) is 0 Å². The number of hydrogen-bond donors (Lipinski definition) is 0. The molecule has 0 aliphatic heterocycles. The molecule has 3 aromatic rings. The molecule has 3 rings (SSSR count). The lowest BCUT2D eigenvalue weighted by Crippen LogP contribution is -2.25. The average Bonchev–Trinajstić information content (AvgIpc) is 2.72. The topological polar surface area (TPSA) is 50.3 Å². The molecule has 0 N–H and O–H groups in total. The van der Waals surface area contributed by atoms with Gasteiger partial charge < -0.3 is 4.90 Å². The summed E-state index contributed by atoms with van der Waals surface area (Å²) in [6, 6.07) is 20.6. The highest BCUT2D eigenvalue weighted by atomic mass is 32.2. The molecule has 0 saturated heterocycles. The van der Waals surface area contributed by atoms with Crippen LogP contribution >= 0.6 is 0 Å². The van der Waals surface area contributed by atoms with E-state index in [4.69, 9.17) is 0 Å². The van der Waals surface area contributed by atoms with Crippen molar-refractivity contribution in [2.24, 2.45) is 0 Å². The van der Waals surface area contributed by atoms with Gasteiger partial charge in [0, 0.05) is 31.7 Å². The molecule has 0 fully saturated rings. The number of hydrogen-bond acceptors (Lipinski definition) is 4. The highest BCUT2D eigenvalue weighted by Crippen LogP contribution is 2.16. The normalized spacial score (nSPS) is 11.6. The van der Waals surface area contributed by atoms with Gasteiger partial charge in [-0.15, -0.1) is 0 Å². The van der Waals surface area contributed by atoms with Gasteiger partial charge in [-0.05, 0) is 47.5 Å². The Bertz CT molecular complexity index is 984. The molecule has 138 valence electrons. The van der Waals surface area contributed by atoms with Crippen molar-refractivity contribution in [2.75, 3.05) is 24.2 Å². The first-order valence-corrected chi connectivity index (χ1v) is 10.4. The Hall–Kier alpha value is -2.92. The molecule has 0 radical (unpaired) electrons. The lowest BCUT2D eigenvalue weighted by Gasteiger charge is -2.19. The minimum absolute atomic E-state index is 0.0740. The second-order valence-corrected chi connectivity index (χ2v) is 8.37. The third-order valence-electron chi connectivity index (χ3n) is 4.31. The van der Waals surface area contributed by atoms with Crippen LogP contribution in [-0.4, -0.2) is 32.7 Å². The average molecular weight is 378 g/mol. The van der Waals surface area contributed by atoms with Crippen LogP contribution in [0.5, 0.6) is 0 Å². The van der Waals surface area contributed by atoms with E-state index < -0.39 is 9.84 Å². The summed E-state index contributed by atoms with van der Waals surface area (Å²) in [5.74, 6) is 0.0740. The summed E-state index contributed by atoms with van der Waals surface area (Å²) >= 11 is 0. The van der Waals surface area contributed by atoms with Crippen LogP contribution in [0.25, 0.3) is 12.2 Å². The molecule has 0 saturated carbocycles. The molecule has 2 aromatic carbocycles. The third-order valence-corrected chi connectivity index (χ3v) is 6.02. The van der Waals surface area contributed by atoms with Gasteiger partial charge in [-0.2, -0.15) is 0 Å². The van der Waals surface area contributed by atoms with Gasteiger partial charge in [-0.3, -0.25) is 4.98 Å². The highest BCUT2D eigenvalue weighted by molar-refractivity contribution is 7.91. The third kappa shape index (κ3) is 5.28. The molecular weight excluding hydrogens is 356 g/mol. The zero-order chi connectivity index (χ0) is 19.1. The monoisotopic (exact) mass is 378 g/mol. The van der Waals surface area contributed by atoms with Crippen LogP contribution in [0.4, 0.5) is 5.69 Å². The lowest BCUT2D eigenvalue weighted by molar-refractivity contribution is 0.595. The summed E-state index contributed by atoms with van der Waals surface area (Å²) in [6.45, 7) is 0.441. The van der Waals surface area contributed by atoms with Gasteiger partial charge in [0.2, 0.25) is 0 Å². The molecule has 0 atom stereocenters. The van der Waals surface area contributed by atoms with Crippen molar-refractivity contribution in [1.82, 2.24) is 4.98 Å². The van der Waals surface area contributed by atoms with Crippen molar-refractivity contribution in [3.05, 3.63) is 90.3 Å². The standard InChI is InChI=1S/C22H22N2O2S/c1-24(21-5-3-2-4-6-21)17-18-27(25,26)22-11-9-19(10-12-22)7-8-20-13-15-23-16-14-20/h2-16H,17-18H2,1H3. The van der Waals surface area contributed by atoms with Crippen LogP contribution in [0.1, 0.15) is 11.1 Å². The van der Waals surface area contributed by atoms with Crippen molar-refractivity contribution >= 4 is 27.7 Å². The number of pyridine rings is 1. The molecule has 4 nitrogen and oxygen atoms in total. The first-order valence-electron chi connectivity index (χ1n) is 8.72. The molecular formula is C22H22N2O2S. The minimum atomic E-state index is -3.32.